The molecule has 0 radical (unpaired) electrons. The smallest absolute Gasteiger partial charge is 0.230 e. The summed E-state index contributed by atoms with van der Waals surface area (Å²) in [5.74, 6) is 0.841. The predicted molar refractivity (Wildman–Crippen MR) is 90.0 cm³/mol. The molecule has 0 aliphatic heterocycles. The number of rotatable bonds is 7. The molecule has 2 rings (SSSR count). The van der Waals surface area contributed by atoms with Crippen molar-refractivity contribution < 1.29 is 4.79 Å². The largest absolute Gasteiger partial charge is 0.351 e. The van der Waals surface area contributed by atoms with Crippen molar-refractivity contribution in [2.45, 2.75) is 17.4 Å². The van der Waals surface area contributed by atoms with E-state index in [1.165, 1.54) is 17.3 Å². The average molecular weight is 320 g/mol. The summed E-state index contributed by atoms with van der Waals surface area (Å²) in [6, 6.07) is 19.9. The molecule has 4 heteroatoms. The molecular formula is C17H18ClNOS. The van der Waals surface area contributed by atoms with Crippen LogP contribution in [0.2, 0.25) is 0 Å². The maximum absolute atomic E-state index is 12.0. The first kappa shape index (κ1) is 15.9. The van der Waals surface area contributed by atoms with E-state index in [1.54, 1.807) is 0 Å². The minimum Gasteiger partial charge on any atom is -0.351 e. The second-order valence-electron chi connectivity index (χ2n) is 4.71. The zero-order chi connectivity index (χ0) is 14.9. The Morgan fingerprint density at radius 1 is 1.05 bits per heavy atom. The van der Waals surface area contributed by atoms with Crippen molar-refractivity contribution in [2.24, 2.45) is 0 Å². The molecule has 0 heterocycles. The van der Waals surface area contributed by atoms with Crippen LogP contribution in [0.4, 0.5) is 0 Å². The van der Waals surface area contributed by atoms with Gasteiger partial charge in [0.05, 0.1) is 5.75 Å². The number of nitrogens with one attached hydrogen (secondary N) is 1. The average Bonchev–Trinajstić information content (AvgIpc) is 2.54. The van der Waals surface area contributed by atoms with Gasteiger partial charge in [-0.25, -0.2) is 0 Å². The van der Waals surface area contributed by atoms with Crippen LogP contribution >= 0.6 is 23.4 Å². The summed E-state index contributed by atoms with van der Waals surface area (Å²) in [5.41, 5.74) is 1.18. The minimum absolute atomic E-state index is 0.0189. The summed E-state index contributed by atoms with van der Waals surface area (Å²) in [4.78, 5) is 13.1. The molecule has 2 aromatic carbocycles. The topological polar surface area (TPSA) is 29.1 Å². The standard InChI is InChI=1S/C17H18ClNOS/c18-12-15(11-14-7-3-1-4-8-14)19-17(20)13-21-16-9-5-2-6-10-16/h1-10,15H,11-13H2,(H,19,20). The second kappa shape index (κ2) is 8.75. The Labute approximate surface area is 134 Å². The third-order valence-corrected chi connectivity index (χ3v) is 4.37. The molecule has 21 heavy (non-hydrogen) atoms. The molecule has 0 saturated carbocycles. The molecule has 2 nitrogen and oxygen atoms in total. The second-order valence-corrected chi connectivity index (χ2v) is 6.07. The normalized spacial score (nSPS) is 11.9. The van der Waals surface area contributed by atoms with Gasteiger partial charge in [-0.15, -0.1) is 23.4 Å². The molecule has 1 N–H and O–H groups in total. The molecule has 0 aliphatic rings. The van der Waals surface area contributed by atoms with Gasteiger partial charge in [-0.2, -0.15) is 0 Å². The molecule has 0 aromatic heterocycles. The van der Waals surface area contributed by atoms with E-state index in [-0.39, 0.29) is 11.9 Å². The number of alkyl halides is 1. The Morgan fingerprint density at radius 2 is 1.67 bits per heavy atom. The molecule has 2 aromatic rings. The van der Waals surface area contributed by atoms with Gasteiger partial charge in [0.1, 0.15) is 0 Å². The van der Waals surface area contributed by atoms with E-state index < -0.39 is 0 Å². The molecule has 0 aliphatic carbocycles. The van der Waals surface area contributed by atoms with Gasteiger partial charge in [-0.1, -0.05) is 48.5 Å². The van der Waals surface area contributed by atoms with Crippen LogP contribution in [-0.4, -0.2) is 23.6 Å². The highest BCUT2D eigenvalue weighted by Gasteiger charge is 2.12. The van der Waals surface area contributed by atoms with Crippen molar-refractivity contribution in [1.29, 1.82) is 0 Å². The number of halogens is 1. The van der Waals surface area contributed by atoms with Gasteiger partial charge in [-0.3, -0.25) is 4.79 Å². The van der Waals surface area contributed by atoms with E-state index in [9.17, 15) is 4.79 Å². The number of carbonyl (C=O) groups is 1. The Hall–Kier alpha value is -1.45. The van der Waals surface area contributed by atoms with Crippen LogP contribution in [0.3, 0.4) is 0 Å². The van der Waals surface area contributed by atoms with Gasteiger partial charge in [-0.05, 0) is 24.1 Å². The highest BCUT2D eigenvalue weighted by molar-refractivity contribution is 8.00. The molecule has 1 atom stereocenters. The van der Waals surface area contributed by atoms with Crippen LogP contribution in [0.15, 0.2) is 65.6 Å². The highest BCUT2D eigenvalue weighted by Crippen LogP contribution is 2.16. The fourth-order valence-corrected chi connectivity index (χ4v) is 2.89. The van der Waals surface area contributed by atoms with Crippen molar-refractivity contribution in [3.8, 4) is 0 Å². The monoisotopic (exact) mass is 319 g/mol. The maximum Gasteiger partial charge on any atom is 0.230 e. The third-order valence-electron chi connectivity index (χ3n) is 2.99. The van der Waals surface area contributed by atoms with E-state index in [1.807, 2.05) is 60.7 Å². The van der Waals surface area contributed by atoms with Gasteiger partial charge in [0.2, 0.25) is 5.91 Å². The molecule has 1 amide bonds. The number of benzene rings is 2. The van der Waals surface area contributed by atoms with Gasteiger partial charge in [0.15, 0.2) is 0 Å². The van der Waals surface area contributed by atoms with Crippen molar-refractivity contribution in [3.05, 3.63) is 66.2 Å². The lowest BCUT2D eigenvalue weighted by molar-refractivity contribution is -0.119. The molecule has 1 unspecified atom stereocenters. The lowest BCUT2D eigenvalue weighted by atomic mass is 10.1. The predicted octanol–water partition coefficient (Wildman–Crippen LogP) is 3.75. The first-order chi connectivity index (χ1) is 10.3. The summed E-state index contributed by atoms with van der Waals surface area (Å²) in [6.07, 6.45) is 0.756. The van der Waals surface area contributed by atoms with Crippen LogP contribution in [0, 0.1) is 0 Å². The molecule has 0 saturated heterocycles. The van der Waals surface area contributed by atoms with E-state index in [2.05, 4.69) is 5.32 Å². The lowest BCUT2D eigenvalue weighted by Crippen LogP contribution is -2.38. The van der Waals surface area contributed by atoms with Crippen molar-refractivity contribution >= 4 is 29.3 Å². The van der Waals surface area contributed by atoms with Gasteiger partial charge >= 0.3 is 0 Å². The molecule has 0 bridgehead atoms. The SMILES string of the molecule is O=C(CSc1ccccc1)NC(CCl)Cc1ccccc1. The van der Waals surface area contributed by atoms with Crippen LogP contribution in [-0.2, 0) is 11.2 Å². The fourth-order valence-electron chi connectivity index (χ4n) is 1.98. The van der Waals surface area contributed by atoms with Crippen LogP contribution in [0.5, 0.6) is 0 Å². The number of amides is 1. The Balaban J connectivity index is 1.80. The van der Waals surface area contributed by atoms with E-state index in [0.717, 1.165) is 11.3 Å². The number of hydrogen-bond acceptors (Lipinski definition) is 2. The highest BCUT2D eigenvalue weighted by atomic mass is 35.5. The van der Waals surface area contributed by atoms with Crippen LogP contribution < -0.4 is 5.32 Å². The fraction of sp³-hybridized carbons (Fsp3) is 0.235. The van der Waals surface area contributed by atoms with Crippen molar-refractivity contribution in [3.63, 3.8) is 0 Å². The minimum atomic E-state index is -0.0297. The maximum atomic E-state index is 12.0. The Morgan fingerprint density at radius 3 is 2.29 bits per heavy atom. The van der Waals surface area contributed by atoms with Crippen molar-refractivity contribution in [1.82, 2.24) is 5.32 Å². The lowest BCUT2D eigenvalue weighted by Gasteiger charge is -2.16. The number of carbonyl (C=O) groups excluding carboxylic acids is 1. The summed E-state index contributed by atoms with van der Waals surface area (Å²) >= 11 is 7.49. The number of hydrogen-bond donors (Lipinski definition) is 1. The summed E-state index contributed by atoms with van der Waals surface area (Å²) < 4.78 is 0. The summed E-state index contributed by atoms with van der Waals surface area (Å²) in [6.45, 7) is 0. The van der Waals surface area contributed by atoms with Crippen LogP contribution in [0.1, 0.15) is 5.56 Å². The first-order valence-corrected chi connectivity index (χ1v) is 8.37. The van der Waals surface area contributed by atoms with E-state index in [0.29, 0.717) is 11.6 Å². The Bertz CT molecular complexity index is 547. The van der Waals surface area contributed by atoms with Gasteiger partial charge < -0.3 is 5.32 Å². The van der Waals surface area contributed by atoms with Gasteiger partial charge in [0, 0.05) is 16.8 Å². The zero-order valence-corrected chi connectivity index (χ0v) is 13.2. The summed E-state index contributed by atoms with van der Waals surface area (Å²) in [7, 11) is 0. The Kier molecular flexibility index (Phi) is 6.64. The van der Waals surface area contributed by atoms with E-state index >= 15 is 0 Å². The molecule has 110 valence electrons. The van der Waals surface area contributed by atoms with E-state index in [4.69, 9.17) is 11.6 Å². The quantitative estimate of drug-likeness (QED) is 0.622. The van der Waals surface area contributed by atoms with Crippen molar-refractivity contribution in [2.75, 3.05) is 11.6 Å². The molecular weight excluding hydrogens is 302 g/mol. The number of thioether (sulfide) groups is 1. The van der Waals surface area contributed by atoms with Gasteiger partial charge in [0.25, 0.3) is 0 Å². The first-order valence-electron chi connectivity index (χ1n) is 6.85. The molecule has 0 fully saturated rings. The summed E-state index contributed by atoms with van der Waals surface area (Å²) in [5, 5.41) is 2.99. The zero-order valence-electron chi connectivity index (χ0n) is 11.7. The molecule has 0 spiro atoms. The third kappa shape index (κ3) is 5.82. The van der Waals surface area contributed by atoms with Crippen LogP contribution in [0.25, 0.3) is 0 Å².